The fourth-order valence-corrected chi connectivity index (χ4v) is 1.42. The number of halogens is 4. The lowest BCUT2D eigenvalue weighted by Crippen LogP contribution is -2.22. The average Bonchev–Trinajstić information content (AvgIpc) is 2.18. The topological polar surface area (TPSA) is 89.3 Å². The Labute approximate surface area is 99.0 Å². The average molecular weight is 269 g/mol. The zero-order valence-corrected chi connectivity index (χ0v) is 9.01. The van der Waals surface area contributed by atoms with Crippen LogP contribution in [0.2, 0.25) is 5.02 Å². The van der Waals surface area contributed by atoms with Crippen LogP contribution in [0, 0.1) is 0 Å². The normalized spacial score (nSPS) is 13.5. The van der Waals surface area contributed by atoms with E-state index >= 15 is 0 Å². The first-order chi connectivity index (χ1) is 7.64. The second-order valence-electron chi connectivity index (χ2n) is 3.28. The molecule has 1 rings (SSSR count). The van der Waals surface area contributed by atoms with Gasteiger partial charge in [-0.05, 0) is 17.7 Å². The van der Waals surface area contributed by atoms with Crippen molar-refractivity contribution in [1.82, 2.24) is 0 Å². The second kappa shape index (κ2) is 4.42. The Hall–Kier alpha value is -1.47. The molecule has 5 N–H and O–H groups in total. The van der Waals surface area contributed by atoms with Crippen molar-refractivity contribution in [3.05, 3.63) is 28.3 Å². The highest BCUT2D eigenvalue weighted by molar-refractivity contribution is 6.33. The molecule has 0 bridgehead atoms. The Morgan fingerprint density at radius 1 is 1.41 bits per heavy atom. The van der Waals surface area contributed by atoms with E-state index in [-0.39, 0.29) is 10.6 Å². The summed E-state index contributed by atoms with van der Waals surface area (Å²) in [5.74, 6) is -1.46. The van der Waals surface area contributed by atoms with Crippen LogP contribution in [0.1, 0.15) is 17.2 Å². The molecule has 94 valence electrons. The minimum atomic E-state index is -4.72. The maximum absolute atomic E-state index is 12.5. The van der Waals surface area contributed by atoms with Gasteiger partial charge in [-0.3, -0.25) is 4.79 Å². The van der Waals surface area contributed by atoms with Gasteiger partial charge in [0, 0.05) is 0 Å². The molecule has 0 aromatic heterocycles. The minimum absolute atomic E-state index is 0.260. The minimum Gasteiger partial charge on any atom is -0.480 e. The van der Waals surface area contributed by atoms with Gasteiger partial charge in [-0.25, -0.2) is 0 Å². The third-order valence-electron chi connectivity index (χ3n) is 2.08. The number of benzene rings is 1. The first-order valence-electron chi connectivity index (χ1n) is 4.29. The molecular formula is C9H8ClF3N2O2. The van der Waals surface area contributed by atoms with Gasteiger partial charge < -0.3 is 16.6 Å². The van der Waals surface area contributed by atoms with E-state index in [0.29, 0.717) is 6.07 Å². The number of nitrogens with two attached hydrogens (primary N) is 2. The van der Waals surface area contributed by atoms with E-state index in [0.717, 1.165) is 6.07 Å². The van der Waals surface area contributed by atoms with Crippen LogP contribution in [0.4, 0.5) is 18.9 Å². The molecule has 0 amide bonds. The highest BCUT2D eigenvalue weighted by Gasteiger charge is 2.35. The van der Waals surface area contributed by atoms with Crippen molar-refractivity contribution in [3.63, 3.8) is 0 Å². The van der Waals surface area contributed by atoms with Crippen molar-refractivity contribution in [1.29, 1.82) is 0 Å². The summed E-state index contributed by atoms with van der Waals surface area (Å²) >= 11 is 5.50. The standard InChI is InChI=1S/C9H8ClF3N2O2/c10-5-2-3(6(14)8(16)17)1-4(7(5)15)9(11,12)13/h1-2,6H,14-15H2,(H,16,17)/t6-/m0/s1. The maximum atomic E-state index is 12.5. The Kier molecular flexibility index (Phi) is 3.53. The third-order valence-corrected chi connectivity index (χ3v) is 2.40. The number of hydrogen-bond donors (Lipinski definition) is 3. The Balaban J connectivity index is 3.39. The predicted octanol–water partition coefficient (Wildman–Crippen LogP) is 2.03. The number of hydrogen-bond acceptors (Lipinski definition) is 3. The molecule has 0 spiro atoms. The maximum Gasteiger partial charge on any atom is 0.418 e. The number of nitrogen functional groups attached to an aromatic ring is 1. The molecule has 0 unspecified atom stereocenters. The summed E-state index contributed by atoms with van der Waals surface area (Å²) in [5.41, 5.74) is 8.27. The van der Waals surface area contributed by atoms with Crippen molar-refractivity contribution in [2.24, 2.45) is 5.73 Å². The molecule has 0 aliphatic heterocycles. The van der Waals surface area contributed by atoms with E-state index in [4.69, 9.17) is 28.2 Å². The predicted molar refractivity (Wildman–Crippen MR) is 55.4 cm³/mol. The molecular weight excluding hydrogens is 261 g/mol. The van der Waals surface area contributed by atoms with Gasteiger partial charge in [0.1, 0.15) is 6.04 Å². The van der Waals surface area contributed by atoms with Crippen molar-refractivity contribution < 1.29 is 23.1 Å². The van der Waals surface area contributed by atoms with Crippen molar-refractivity contribution >= 4 is 23.3 Å². The molecule has 0 aliphatic rings. The Morgan fingerprint density at radius 3 is 2.35 bits per heavy atom. The molecule has 1 aromatic carbocycles. The molecule has 4 nitrogen and oxygen atoms in total. The molecule has 0 saturated heterocycles. The molecule has 17 heavy (non-hydrogen) atoms. The molecule has 0 aliphatic carbocycles. The van der Waals surface area contributed by atoms with Crippen LogP contribution in [-0.4, -0.2) is 11.1 Å². The van der Waals surface area contributed by atoms with Gasteiger partial charge in [0.2, 0.25) is 0 Å². The lowest BCUT2D eigenvalue weighted by Gasteiger charge is -2.15. The number of carbonyl (C=O) groups is 1. The summed E-state index contributed by atoms with van der Waals surface area (Å²) in [7, 11) is 0. The summed E-state index contributed by atoms with van der Waals surface area (Å²) in [6.45, 7) is 0. The van der Waals surface area contributed by atoms with Crippen LogP contribution in [0.3, 0.4) is 0 Å². The Bertz CT molecular complexity index is 462. The number of alkyl halides is 3. The molecule has 0 radical (unpaired) electrons. The molecule has 8 heteroatoms. The van der Waals surface area contributed by atoms with Crippen LogP contribution in [0.25, 0.3) is 0 Å². The van der Waals surface area contributed by atoms with Crippen LogP contribution in [0.15, 0.2) is 12.1 Å². The quantitative estimate of drug-likeness (QED) is 0.716. The van der Waals surface area contributed by atoms with Gasteiger partial charge in [-0.1, -0.05) is 11.6 Å². The highest BCUT2D eigenvalue weighted by atomic mass is 35.5. The summed E-state index contributed by atoms with van der Waals surface area (Å²) in [4.78, 5) is 10.6. The van der Waals surface area contributed by atoms with Gasteiger partial charge >= 0.3 is 12.1 Å². The first kappa shape index (κ1) is 13.6. The first-order valence-corrected chi connectivity index (χ1v) is 4.67. The molecule has 1 aromatic rings. The van der Waals surface area contributed by atoms with Crippen LogP contribution in [0.5, 0.6) is 0 Å². The molecule has 0 saturated carbocycles. The highest BCUT2D eigenvalue weighted by Crippen LogP contribution is 2.38. The zero-order valence-electron chi connectivity index (χ0n) is 8.25. The van der Waals surface area contributed by atoms with Gasteiger partial charge in [0.25, 0.3) is 0 Å². The summed E-state index contributed by atoms with van der Waals surface area (Å²) in [6.07, 6.45) is -4.72. The van der Waals surface area contributed by atoms with Crippen molar-refractivity contribution in [2.45, 2.75) is 12.2 Å². The number of anilines is 1. The lowest BCUT2D eigenvalue weighted by atomic mass is 10.0. The monoisotopic (exact) mass is 268 g/mol. The lowest BCUT2D eigenvalue weighted by molar-refractivity contribution is -0.139. The Morgan fingerprint density at radius 2 is 1.94 bits per heavy atom. The number of rotatable bonds is 2. The summed E-state index contributed by atoms with van der Waals surface area (Å²) in [5, 5.41) is 8.23. The number of aliphatic carboxylic acids is 1. The third kappa shape index (κ3) is 2.80. The number of carboxylic acids is 1. The van der Waals surface area contributed by atoms with Gasteiger partial charge in [0.15, 0.2) is 0 Å². The van der Waals surface area contributed by atoms with E-state index in [9.17, 15) is 18.0 Å². The fourth-order valence-electron chi connectivity index (χ4n) is 1.20. The van der Waals surface area contributed by atoms with Gasteiger partial charge in [-0.15, -0.1) is 0 Å². The van der Waals surface area contributed by atoms with Crippen LogP contribution >= 0.6 is 11.6 Å². The van der Waals surface area contributed by atoms with Crippen LogP contribution in [-0.2, 0) is 11.0 Å². The van der Waals surface area contributed by atoms with Crippen molar-refractivity contribution in [2.75, 3.05) is 5.73 Å². The van der Waals surface area contributed by atoms with E-state index in [1.54, 1.807) is 0 Å². The van der Waals surface area contributed by atoms with Gasteiger partial charge in [0.05, 0.1) is 16.3 Å². The SMILES string of the molecule is Nc1c(Cl)cc([C@H](N)C(=O)O)cc1C(F)(F)F. The fraction of sp³-hybridized carbons (Fsp3) is 0.222. The van der Waals surface area contributed by atoms with Crippen molar-refractivity contribution in [3.8, 4) is 0 Å². The molecule has 1 atom stereocenters. The summed E-state index contributed by atoms with van der Waals surface area (Å²) < 4.78 is 37.6. The van der Waals surface area contributed by atoms with E-state index in [1.165, 1.54) is 0 Å². The zero-order chi connectivity index (χ0) is 13.4. The largest absolute Gasteiger partial charge is 0.480 e. The summed E-state index contributed by atoms with van der Waals surface area (Å²) in [6, 6.07) is -0.000494. The molecule has 0 heterocycles. The second-order valence-corrected chi connectivity index (χ2v) is 3.68. The molecule has 0 fully saturated rings. The van der Waals surface area contributed by atoms with E-state index in [2.05, 4.69) is 0 Å². The van der Waals surface area contributed by atoms with Gasteiger partial charge in [-0.2, -0.15) is 13.2 Å². The van der Waals surface area contributed by atoms with Crippen LogP contribution < -0.4 is 11.5 Å². The smallest absolute Gasteiger partial charge is 0.418 e. The number of carboxylic acid groups (broad SMARTS) is 1. The van der Waals surface area contributed by atoms with E-state index < -0.39 is 29.4 Å². The van der Waals surface area contributed by atoms with E-state index in [1.807, 2.05) is 0 Å².